The van der Waals surface area contributed by atoms with Gasteiger partial charge in [-0.15, -0.1) is 0 Å². The first kappa shape index (κ1) is 24.7. The van der Waals surface area contributed by atoms with Gasteiger partial charge >= 0.3 is 6.18 Å². The molecule has 0 bridgehead atoms. The molecule has 4 rings (SSSR count). The Kier molecular flexibility index (Phi) is 7.43. The summed E-state index contributed by atoms with van der Waals surface area (Å²) >= 11 is 0. The smallest absolute Gasteiger partial charge is 0.391 e. The van der Waals surface area contributed by atoms with Crippen molar-refractivity contribution in [2.45, 2.75) is 49.8 Å². The molecule has 1 aliphatic rings. The largest absolute Gasteiger partial charge is 0.493 e. The van der Waals surface area contributed by atoms with Crippen LogP contribution in [-0.4, -0.2) is 40.3 Å². The number of pyridine rings is 2. The highest BCUT2D eigenvalue weighted by Crippen LogP contribution is 2.39. The molecule has 1 fully saturated rings. The molecule has 0 amide bonds. The number of halogens is 3. The second-order valence-corrected chi connectivity index (χ2v) is 9.19. The molecule has 1 aliphatic carbocycles. The first-order valence-corrected chi connectivity index (χ1v) is 11.6. The van der Waals surface area contributed by atoms with Crippen LogP contribution in [0.4, 0.5) is 13.2 Å². The van der Waals surface area contributed by atoms with Crippen LogP contribution in [0.5, 0.6) is 11.6 Å². The van der Waals surface area contributed by atoms with Gasteiger partial charge < -0.3 is 9.84 Å². The Morgan fingerprint density at radius 2 is 1.67 bits per heavy atom. The van der Waals surface area contributed by atoms with E-state index in [0.29, 0.717) is 29.5 Å². The summed E-state index contributed by atoms with van der Waals surface area (Å²) in [4.78, 5) is 7.93. The third-order valence-electron chi connectivity index (χ3n) is 5.34. The number of rotatable bonds is 3. The molecule has 11 heteroatoms. The molecule has 1 aromatic carbocycles. The monoisotopic (exact) mass is 484 g/mol. The van der Waals surface area contributed by atoms with E-state index in [4.69, 9.17) is 9.29 Å². The van der Waals surface area contributed by atoms with E-state index in [1.807, 2.05) is 6.92 Å². The van der Waals surface area contributed by atoms with Gasteiger partial charge in [-0.3, -0.25) is 9.54 Å². The molecule has 2 N–H and O–H groups in total. The molecule has 3 aromatic rings. The average Bonchev–Trinajstić information content (AvgIpc) is 2.76. The van der Waals surface area contributed by atoms with Crippen molar-refractivity contribution in [2.24, 2.45) is 5.92 Å². The van der Waals surface area contributed by atoms with Crippen LogP contribution in [0.15, 0.2) is 53.7 Å². The summed E-state index contributed by atoms with van der Waals surface area (Å²) in [5.74, 6) is -0.986. The van der Waals surface area contributed by atoms with Gasteiger partial charge in [0.25, 0.3) is 10.1 Å². The number of benzene rings is 1. The number of hydrogen-bond donors (Lipinski definition) is 2. The summed E-state index contributed by atoms with van der Waals surface area (Å²) in [6.07, 6.45) is -0.640. The van der Waals surface area contributed by atoms with E-state index in [2.05, 4.69) is 9.97 Å². The standard InChI is InChI=1S/C15H15F3N2O2.C7H8O3S/c16-15(17,18)9-3-5-10(6-4-9)22-12-8-20-14(21)11-2-1-7-19-13(11)12;1-6-2-4-7(5-3-6)11(8,9)10/h1-2,7-10H,3-6H2,(H,20,21);2-5H,1H3,(H,8,9,10)/t9-,10-;. The van der Waals surface area contributed by atoms with Crippen molar-refractivity contribution in [1.82, 2.24) is 9.97 Å². The van der Waals surface area contributed by atoms with E-state index in [0.717, 1.165) is 5.56 Å². The normalized spacial score (nSPS) is 18.9. The van der Waals surface area contributed by atoms with Gasteiger partial charge in [0, 0.05) is 6.20 Å². The van der Waals surface area contributed by atoms with Crippen molar-refractivity contribution in [3.05, 3.63) is 54.4 Å². The number of aromatic hydroxyl groups is 1. The summed E-state index contributed by atoms with van der Waals surface area (Å²) < 4.78 is 73.3. The van der Waals surface area contributed by atoms with Gasteiger partial charge in [0.2, 0.25) is 5.88 Å². The molecule has 2 heterocycles. The van der Waals surface area contributed by atoms with E-state index in [-0.39, 0.29) is 29.7 Å². The van der Waals surface area contributed by atoms with E-state index < -0.39 is 22.2 Å². The Bertz CT molecular complexity index is 1190. The predicted molar refractivity (Wildman–Crippen MR) is 115 cm³/mol. The number of alkyl halides is 3. The lowest BCUT2D eigenvalue weighted by molar-refractivity contribution is -0.185. The van der Waals surface area contributed by atoms with E-state index in [1.165, 1.54) is 18.3 Å². The van der Waals surface area contributed by atoms with Gasteiger partial charge in [-0.05, 0) is 56.9 Å². The number of ether oxygens (including phenoxy) is 1. The van der Waals surface area contributed by atoms with Crippen molar-refractivity contribution in [1.29, 1.82) is 0 Å². The third-order valence-corrected chi connectivity index (χ3v) is 6.20. The maximum Gasteiger partial charge on any atom is 0.391 e. The van der Waals surface area contributed by atoms with Crippen LogP contribution in [0.2, 0.25) is 0 Å². The Morgan fingerprint density at radius 3 is 2.24 bits per heavy atom. The van der Waals surface area contributed by atoms with Crippen molar-refractivity contribution in [3.8, 4) is 11.6 Å². The average molecular weight is 484 g/mol. The SMILES string of the molecule is Cc1ccc(S(=O)(=O)O)cc1.Oc1ncc(O[C@H]2CC[C@H](C(F)(F)F)CC2)c2ncccc12. The zero-order chi connectivity index (χ0) is 24.2. The number of hydrogen-bond acceptors (Lipinski definition) is 6. The topological polar surface area (TPSA) is 110 Å². The molecule has 0 aliphatic heterocycles. The molecule has 7 nitrogen and oxygen atoms in total. The highest BCUT2D eigenvalue weighted by Gasteiger charge is 2.41. The van der Waals surface area contributed by atoms with E-state index in [1.54, 1.807) is 30.5 Å². The van der Waals surface area contributed by atoms with Gasteiger partial charge in [0.15, 0.2) is 5.75 Å². The van der Waals surface area contributed by atoms with Gasteiger partial charge in [-0.1, -0.05) is 17.7 Å². The van der Waals surface area contributed by atoms with Crippen LogP contribution in [0.3, 0.4) is 0 Å². The lowest BCUT2D eigenvalue weighted by atomic mass is 9.87. The zero-order valence-electron chi connectivity index (χ0n) is 17.7. The Morgan fingerprint density at radius 1 is 1.03 bits per heavy atom. The van der Waals surface area contributed by atoms with Gasteiger partial charge in [0.05, 0.1) is 28.5 Å². The summed E-state index contributed by atoms with van der Waals surface area (Å²) in [5, 5.41) is 10.2. The first-order chi connectivity index (χ1) is 15.4. The Hall–Kier alpha value is -2.92. The van der Waals surface area contributed by atoms with Crippen molar-refractivity contribution < 1.29 is 36.0 Å². The molecule has 0 unspecified atom stereocenters. The molecular weight excluding hydrogens is 461 g/mol. The maximum absolute atomic E-state index is 12.7. The van der Waals surface area contributed by atoms with Crippen LogP contribution >= 0.6 is 0 Å². The summed E-state index contributed by atoms with van der Waals surface area (Å²) in [5.41, 5.74) is 1.42. The number of nitrogens with zero attached hydrogens (tertiary/aromatic N) is 2. The van der Waals surface area contributed by atoms with Crippen molar-refractivity contribution >= 4 is 21.0 Å². The lowest BCUT2D eigenvalue weighted by Gasteiger charge is -2.30. The molecule has 0 saturated heterocycles. The quantitative estimate of drug-likeness (QED) is 0.499. The summed E-state index contributed by atoms with van der Waals surface area (Å²) in [6, 6.07) is 9.32. The fourth-order valence-electron chi connectivity index (χ4n) is 3.52. The minimum absolute atomic E-state index is 0.0666. The Balaban J connectivity index is 0.000000235. The molecule has 0 spiro atoms. The Labute approximate surface area is 189 Å². The van der Waals surface area contributed by atoms with Gasteiger partial charge in [-0.2, -0.15) is 21.6 Å². The minimum atomic E-state index is -4.13. The van der Waals surface area contributed by atoms with Crippen molar-refractivity contribution in [2.75, 3.05) is 0 Å². The third kappa shape index (κ3) is 6.55. The highest BCUT2D eigenvalue weighted by molar-refractivity contribution is 7.85. The first-order valence-electron chi connectivity index (χ1n) is 10.2. The molecule has 178 valence electrons. The van der Waals surface area contributed by atoms with Crippen LogP contribution in [-0.2, 0) is 10.1 Å². The van der Waals surface area contributed by atoms with E-state index in [9.17, 15) is 26.7 Å². The van der Waals surface area contributed by atoms with Crippen LogP contribution in [0.1, 0.15) is 31.2 Å². The maximum atomic E-state index is 12.7. The molecule has 0 atom stereocenters. The molecule has 1 saturated carbocycles. The lowest BCUT2D eigenvalue weighted by Crippen LogP contribution is -2.31. The molecule has 2 aromatic heterocycles. The second kappa shape index (κ2) is 9.92. The minimum Gasteiger partial charge on any atom is -0.493 e. The van der Waals surface area contributed by atoms with E-state index >= 15 is 0 Å². The second-order valence-electron chi connectivity index (χ2n) is 7.77. The highest BCUT2D eigenvalue weighted by atomic mass is 32.2. The fourth-order valence-corrected chi connectivity index (χ4v) is 4.00. The number of fused-ring (bicyclic) bond motifs is 1. The molecule has 0 radical (unpaired) electrons. The van der Waals surface area contributed by atoms with Crippen LogP contribution in [0.25, 0.3) is 10.9 Å². The van der Waals surface area contributed by atoms with Gasteiger partial charge in [0.1, 0.15) is 5.52 Å². The van der Waals surface area contributed by atoms with Crippen LogP contribution in [0, 0.1) is 12.8 Å². The van der Waals surface area contributed by atoms with Gasteiger partial charge in [-0.25, -0.2) is 4.98 Å². The predicted octanol–water partition coefficient (Wildman–Crippen LogP) is 5.08. The fraction of sp³-hybridized carbons (Fsp3) is 0.364. The summed E-state index contributed by atoms with van der Waals surface area (Å²) in [6.45, 7) is 1.84. The molecule has 33 heavy (non-hydrogen) atoms. The van der Waals surface area contributed by atoms with Crippen molar-refractivity contribution in [3.63, 3.8) is 0 Å². The number of aryl methyl sites for hydroxylation is 1. The van der Waals surface area contributed by atoms with Crippen LogP contribution < -0.4 is 4.74 Å². The molecular formula is C22H23F3N2O5S. The summed E-state index contributed by atoms with van der Waals surface area (Å²) in [7, 11) is -4.02. The zero-order valence-corrected chi connectivity index (χ0v) is 18.5. The number of aromatic nitrogens is 2.